The number of alkyl halides is 3. The Hall–Kier alpha value is -1.28. The Balaban J connectivity index is 2.33. The standard InChI is InChI=1S/C15H19F3O4S/c1-2-11-6-3-4-9-14(11,19)12-7-5-8-13(10-12)22-23(20,21)15(16,17)18/h5,7-8,10-11,19H,2-4,6,9H2,1H3. The molecule has 130 valence electrons. The highest BCUT2D eigenvalue weighted by Crippen LogP contribution is 2.44. The smallest absolute Gasteiger partial charge is 0.385 e. The van der Waals surface area contributed by atoms with Crippen LogP contribution in [-0.2, 0) is 15.7 Å². The molecule has 1 aromatic carbocycles. The minimum atomic E-state index is -5.72. The first-order chi connectivity index (χ1) is 10.6. The monoisotopic (exact) mass is 352 g/mol. The summed E-state index contributed by atoms with van der Waals surface area (Å²) < 4.78 is 63.6. The lowest BCUT2D eigenvalue weighted by Gasteiger charge is -2.40. The van der Waals surface area contributed by atoms with E-state index in [1.54, 1.807) is 6.07 Å². The summed E-state index contributed by atoms with van der Waals surface area (Å²) in [5, 5.41) is 11.0. The van der Waals surface area contributed by atoms with Crippen LogP contribution in [0, 0.1) is 5.92 Å². The van der Waals surface area contributed by atoms with Gasteiger partial charge in [0.1, 0.15) is 5.75 Å². The van der Waals surface area contributed by atoms with Crippen LogP contribution >= 0.6 is 0 Å². The van der Waals surface area contributed by atoms with Gasteiger partial charge in [-0.1, -0.05) is 38.3 Å². The predicted molar refractivity (Wildman–Crippen MR) is 78.2 cm³/mol. The third-order valence-corrected chi connectivity index (χ3v) is 5.33. The molecule has 0 aromatic heterocycles. The number of aliphatic hydroxyl groups is 1. The van der Waals surface area contributed by atoms with E-state index in [-0.39, 0.29) is 5.92 Å². The van der Waals surface area contributed by atoms with Crippen molar-refractivity contribution >= 4 is 10.1 Å². The molecule has 0 heterocycles. The molecule has 23 heavy (non-hydrogen) atoms. The first-order valence-electron chi connectivity index (χ1n) is 7.44. The summed E-state index contributed by atoms with van der Waals surface area (Å²) in [4.78, 5) is 0. The van der Waals surface area contributed by atoms with E-state index < -0.39 is 27.0 Å². The van der Waals surface area contributed by atoms with Crippen molar-refractivity contribution in [1.82, 2.24) is 0 Å². The van der Waals surface area contributed by atoms with Crippen LogP contribution in [0.4, 0.5) is 13.2 Å². The molecule has 1 aliphatic rings. The average molecular weight is 352 g/mol. The van der Waals surface area contributed by atoms with Crippen molar-refractivity contribution in [2.75, 3.05) is 0 Å². The number of hydrogen-bond donors (Lipinski definition) is 1. The molecule has 8 heteroatoms. The number of rotatable bonds is 4. The molecule has 0 saturated heterocycles. The van der Waals surface area contributed by atoms with Gasteiger partial charge in [-0.15, -0.1) is 0 Å². The van der Waals surface area contributed by atoms with E-state index in [0.29, 0.717) is 12.0 Å². The van der Waals surface area contributed by atoms with Gasteiger partial charge in [0.05, 0.1) is 5.60 Å². The largest absolute Gasteiger partial charge is 0.534 e. The molecular weight excluding hydrogens is 333 g/mol. The van der Waals surface area contributed by atoms with Crippen LogP contribution in [0.2, 0.25) is 0 Å². The molecule has 0 spiro atoms. The Labute approximate surface area is 133 Å². The second kappa shape index (κ2) is 6.32. The summed E-state index contributed by atoms with van der Waals surface area (Å²) in [7, 11) is -5.72. The van der Waals surface area contributed by atoms with Gasteiger partial charge >= 0.3 is 15.6 Å². The van der Waals surface area contributed by atoms with Gasteiger partial charge in [0.2, 0.25) is 0 Å². The van der Waals surface area contributed by atoms with Crippen LogP contribution in [0.15, 0.2) is 24.3 Å². The first kappa shape index (κ1) is 18.1. The second-order valence-corrected chi connectivity index (χ2v) is 7.32. The van der Waals surface area contributed by atoms with E-state index in [9.17, 15) is 26.7 Å². The van der Waals surface area contributed by atoms with Crippen LogP contribution in [-0.4, -0.2) is 19.0 Å². The van der Waals surface area contributed by atoms with Gasteiger partial charge in [-0.05, 0) is 36.5 Å². The van der Waals surface area contributed by atoms with Crippen molar-refractivity contribution in [2.45, 2.75) is 50.1 Å². The van der Waals surface area contributed by atoms with Crippen molar-refractivity contribution in [1.29, 1.82) is 0 Å². The van der Waals surface area contributed by atoms with Gasteiger partial charge < -0.3 is 9.29 Å². The quantitative estimate of drug-likeness (QED) is 0.663. The fourth-order valence-corrected chi connectivity index (χ4v) is 3.59. The third-order valence-electron chi connectivity index (χ3n) is 4.35. The summed E-state index contributed by atoms with van der Waals surface area (Å²) in [5.41, 5.74) is -6.27. The Morgan fingerprint density at radius 3 is 2.65 bits per heavy atom. The van der Waals surface area contributed by atoms with E-state index in [0.717, 1.165) is 31.7 Å². The summed E-state index contributed by atoms with van der Waals surface area (Å²) in [6.07, 6.45) is 3.82. The highest BCUT2D eigenvalue weighted by atomic mass is 32.2. The summed E-state index contributed by atoms with van der Waals surface area (Å²) in [6, 6.07) is 5.27. The van der Waals surface area contributed by atoms with Crippen molar-refractivity contribution in [2.24, 2.45) is 5.92 Å². The number of benzene rings is 1. The van der Waals surface area contributed by atoms with Crippen LogP contribution in [0.25, 0.3) is 0 Å². The van der Waals surface area contributed by atoms with Gasteiger partial charge in [0.15, 0.2) is 0 Å². The zero-order valence-corrected chi connectivity index (χ0v) is 13.5. The normalized spacial score (nSPS) is 26.0. The highest BCUT2D eigenvalue weighted by molar-refractivity contribution is 7.88. The fourth-order valence-electron chi connectivity index (χ4n) is 3.14. The van der Waals surface area contributed by atoms with Crippen LogP contribution in [0.1, 0.15) is 44.6 Å². The Kier molecular flexibility index (Phi) is 4.96. The van der Waals surface area contributed by atoms with Crippen molar-refractivity contribution < 1.29 is 30.9 Å². The lowest BCUT2D eigenvalue weighted by Crippen LogP contribution is -2.37. The average Bonchev–Trinajstić information content (AvgIpc) is 2.46. The van der Waals surface area contributed by atoms with Crippen LogP contribution in [0.5, 0.6) is 5.75 Å². The van der Waals surface area contributed by atoms with E-state index in [4.69, 9.17) is 0 Å². The lowest BCUT2D eigenvalue weighted by molar-refractivity contribution is -0.0559. The van der Waals surface area contributed by atoms with E-state index in [2.05, 4.69) is 4.18 Å². The summed E-state index contributed by atoms with van der Waals surface area (Å²) >= 11 is 0. The molecule has 1 N–H and O–H groups in total. The minimum Gasteiger partial charge on any atom is -0.385 e. The van der Waals surface area contributed by atoms with Gasteiger partial charge in [-0.2, -0.15) is 21.6 Å². The van der Waals surface area contributed by atoms with Gasteiger partial charge in [-0.25, -0.2) is 0 Å². The molecule has 2 rings (SSSR count). The van der Waals surface area contributed by atoms with E-state index in [1.807, 2.05) is 6.92 Å². The number of halogens is 3. The van der Waals surface area contributed by atoms with E-state index in [1.165, 1.54) is 12.1 Å². The molecule has 1 fully saturated rings. The molecule has 4 nitrogen and oxygen atoms in total. The SMILES string of the molecule is CCC1CCCCC1(O)c1cccc(OS(=O)(=O)C(F)(F)F)c1. The maximum Gasteiger partial charge on any atom is 0.534 e. The van der Waals surface area contributed by atoms with Crippen molar-refractivity contribution in [3.63, 3.8) is 0 Å². The fraction of sp³-hybridized carbons (Fsp3) is 0.600. The maximum absolute atomic E-state index is 12.4. The zero-order valence-electron chi connectivity index (χ0n) is 12.6. The molecule has 2 unspecified atom stereocenters. The molecular formula is C15H19F3O4S. The third kappa shape index (κ3) is 3.63. The van der Waals surface area contributed by atoms with Crippen LogP contribution in [0.3, 0.4) is 0 Å². The molecule has 1 saturated carbocycles. The Bertz CT molecular complexity index is 657. The van der Waals surface area contributed by atoms with Gasteiger partial charge in [0, 0.05) is 0 Å². The van der Waals surface area contributed by atoms with Crippen molar-refractivity contribution in [3.05, 3.63) is 29.8 Å². The Morgan fingerprint density at radius 2 is 2.04 bits per heavy atom. The highest BCUT2D eigenvalue weighted by Gasteiger charge is 2.48. The van der Waals surface area contributed by atoms with Gasteiger partial charge in [-0.3, -0.25) is 0 Å². The summed E-state index contributed by atoms with van der Waals surface area (Å²) in [6.45, 7) is 1.94. The van der Waals surface area contributed by atoms with Crippen LogP contribution < -0.4 is 4.18 Å². The van der Waals surface area contributed by atoms with Gasteiger partial charge in [0.25, 0.3) is 0 Å². The van der Waals surface area contributed by atoms with E-state index >= 15 is 0 Å². The predicted octanol–water partition coefficient (Wildman–Crippen LogP) is 3.70. The first-order valence-corrected chi connectivity index (χ1v) is 8.84. The molecule has 1 aromatic rings. The molecule has 0 radical (unpaired) electrons. The second-order valence-electron chi connectivity index (χ2n) is 5.79. The zero-order chi connectivity index (χ0) is 17.3. The number of hydrogen-bond acceptors (Lipinski definition) is 4. The van der Waals surface area contributed by atoms with Crippen molar-refractivity contribution in [3.8, 4) is 5.75 Å². The Morgan fingerprint density at radius 1 is 1.35 bits per heavy atom. The lowest BCUT2D eigenvalue weighted by atomic mass is 9.70. The minimum absolute atomic E-state index is 0.0225. The molecule has 0 amide bonds. The summed E-state index contributed by atoms with van der Waals surface area (Å²) in [5.74, 6) is -0.473. The molecule has 0 bridgehead atoms. The topological polar surface area (TPSA) is 63.6 Å². The molecule has 1 aliphatic carbocycles. The molecule has 2 atom stereocenters. The molecule has 0 aliphatic heterocycles. The maximum atomic E-state index is 12.4.